The molecule has 94 valence electrons. The summed E-state index contributed by atoms with van der Waals surface area (Å²) < 4.78 is 0. The van der Waals surface area contributed by atoms with Gasteiger partial charge in [-0.1, -0.05) is 19.1 Å². The summed E-state index contributed by atoms with van der Waals surface area (Å²) in [6.07, 6.45) is 1.71. The normalized spacial score (nSPS) is 12.4. The van der Waals surface area contributed by atoms with Crippen molar-refractivity contribution >= 4 is 5.97 Å². The molecule has 0 fully saturated rings. The molecule has 1 rings (SSSR count). The molecule has 1 atom stereocenters. The van der Waals surface area contributed by atoms with E-state index in [9.17, 15) is 4.79 Å². The topological polar surface area (TPSA) is 69.6 Å². The lowest BCUT2D eigenvalue weighted by molar-refractivity contribution is 0.0697. The summed E-state index contributed by atoms with van der Waals surface area (Å²) in [6, 6.07) is 7.13. The van der Waals surface area contributed by atoms with Crippen LogP contribution in [0.2, 0.25) is 0 Å². The van der Waals surface area contributed by atoms with E-state index < -0.39 is 5.97 Å². The molecule has 4 nitrogen and oxygen atoms in total. The minimum Gasteiger partial charge on any atom is -0.478 e. The third kappa shape index (κ3) is 4.54. The first-order valence-electron chi connectivity index (χ1n) is 5.83. The van der Waals surface area contributed by atoms with Crippen LogP contribution in [0.1, 0.15) is 35.7 Å². The Morgan fingerprint density at radius 2 is 2.00 bits per heavy atom. The first kappa shape index (κ1) is 13.7. The molecule has 1 aromatic rings. The molecule has 0 aliphatic heterocycles. The number of hydrogen-bond acceptors (Lipinski definition) is 3. The smallest absolute Gasteiger partial charge is 0.335 e. The lowest BCUT2D eigenvalue weighted by Gasteiger charge is -2.15. The van der Waals surface area contributed by atoms with Gasteiger partial charge in [-0.05, 0) is 30.5 Å². The van der Waals surface area contributed by atoms with Gasteiger partial charge in [0.1, 0.15) is 0 Å². The highest BCUT2D eigenvalue weighted by molar-refractivity contribution is 5.87. The van der Waals surface area contributed by atoms with Crippen LogP contribution in [-0.2, 0) is 6.54 Å². The predicted molar refractivity (Wildman–Crippen MR) is 66.0 cm³/mol. The number of carboxylic acids is 1. The van der Waals surface area contributed by atoms with E-state index in [1.165, 1.54) is 0 Å². The summed E-state index contributed by atoms with van der Waals surface area (Å²) in [5, 5.41) is 20.9. The quantitative estimate of drug-likeness (QED) is 0.674. The lowest BCUT2D eigenvalue weighted by atomic mass is 10.1. The van der Waals surface area contributed by atoms with Crippen molar-refractivity contribution in [3.05, 3.63) is 35.4 Å². The number of carbonyl (C=O) groups is 1. The Hall–Kier alpha value is -1.39. The molecule has 3 N–H and O–H groups in total. The third-order valence-corrected chi connectivity index (χ3v) is 2.77. The van der Waals surface area contributed by atoms with E-state index in [1.807, 2.05) is 12.1 Å². The number of aliphatic hydroxyl groups is 1. The predicted octanol–water partition coefficient (Wildman–Crippen LogP) is 1.64. The maximum absolute atomic E-state index is 10.7. The first-order valence-corrected chi connectivity index (χ1v) is 5.83. The van der Waals surface area contributed by atoms with E-state index in [-0.39, 0.29) is 6.61 Å². The molecule has 1 aromatic carbocycles. The fourth-order valence-corrected chi connectivity index (χ4v) is 1.63. The van der Waals surface area contributed by atoms with Crippen LogP contribution in [0.5, 0.6) is 0 Å². The zero-order chi connectivity index (χ0) is 12.7. The van der Waals surface area contributed by atoms with Gasteiger partial charge >= 0.3 is 5.97 Å². The van der Waals surface area contributed by atoms with Crippen molar-refractivity contribution in [2.75, 3.05) is 6.61 Å². The van der Waals surface area contributed by atoms with Gasteiger partial charge in [0.05, 0.1) is 5.56 Å². The van der Waals surface area contributed by atoms with Crippen molar-refractivity contribution in [3.63, 3.8) is 0 Å². The van der Waals surface area contributed by atoms with Crippen molar-refractivity contribution < 1.29 is 15.0 Å². The minimum atomic E-state index is -0.906. The second-order valence-corrected chi connectivity index (χ2v) is 4.00. The molecule has 0 spiro atoms. The Balaban J connectivity index is 2.48. The molecule has 0 bridgehead atoms. The van der Waals surface area contributed by atoms with Crippen LogP contribution in [0.25, 0.3) is 0 Å². The zero-order valence-corrected chi connectivity index (χ0v) is 10.0. The number of rotatable bonds is 7. The van der Waals surface area contributed by atoms with Gasteiger partial charge < -0.3 is 15.5 Å². The van der Waals surface area contributed by atoms with Crippen molar-refractivity contribution in [2.24, 2.45) is 0 Å². The van der Waals surface area contributed by atoms with Gasteiger partial charge in [-0.2, -0.15) is 0 Å². The van der Waals surface area contributed by atoms with Crippen LogP contribution in [0, 0.1) is 0 Å². The standard InChI is InChI=1S/C13H19NO3/c1-2-12(7-8-15)14-9-10-3-5-11(6-4-10)13(16)17/h3-6,12,14-15H,2,7-9H2,1H3,(H,16,17). The van der Waals surface area contributed by atoms with Crippen molar-refractivity contribution in [3.8, 4) is 0 Å². The zero-order valence-electron chi connectivity index (χ0n) is 10.0. The first-order chi connectivity index (χ1) is 8.17. The molecule has 0 saturated carbocycles. The average Bonchev–Trinajstić information content (AvgIpc) is 2.35. The van der Waals surface area contributed by atoms with E-state index in [1.54, 1.807) is 12.1 Å². The molecule has 17 heavy (non-hydrogen) atoms. The van der Waals surface area contributed by atoms with E-state index >= 15 is 0 Å². The summed E-state index contributed by atoms with van der Waals surface area (Å²) in [5.74, 6) is -0.906. The highest BCUT2D eigenvalue weighted by atomic mass is 16.4. The number of nitrogens with one attached hydrogen (secondary N) is 1. The van der Waals surface area contributed by atoms with Gasteiger partial charge in [-0.25, -0.2) is 4.79 Å². The Kier molecular flexibility index (Phi) is 5.66. The van der Waals surface area contributed by atoms with Crippen LogP contribution in [0.15, 0.2) is 24.3 Å². The summed E-state index contributed by atoms with van der Waals surface area (Å²) in [6.45, 7) is 2.95. The largest absolute Gasteiger partial charge is 0.478 e. The fraction of sp³-hybridized carbons (Fsp3) is 0.462. The minimum absolute atomic E-state index is 0.184. The molecule has 0 heterocycles. The van der Waals surface area contributed by atoms with E-state index in [4.69, 9.17) is 10.2 Å². The van der Waals surface area contributed by atoms with Crippen molar-refractivity contribution in [1.82, 2.24) is 5.32 Å². The van der Waals surface area contributed by atoms with Gasteiger partial charge in [-0.15, -0.1) is 0 Å². The van der Waals surface area contributed by atoms with E-state index in [2.05, 4.69) is 12.2 Å². The molecular formula is C13H19NO3. The monoisotopic (exact) mass is 237 g/mol. The molecule has 4 heteroatoms. The van der Waals surface area contributed by atoms with Gasteiger partial charge in [-0.3, -0.25) is 0 Å². The van der Waals surface area contributed by atoms with Gasteiger partial charge in [0.2, 0.25) is 0 Å². The fourth-order valence-electron chi connectivity index (χ4n) is 1.63. The number of aliphatic hydroxyl groups excluding tert-OH is 1. The lowest BCUT2D eigenvalue weighted by Crippen LogP contribution is -2.28. The van der Waals surface area contributed by atoms with Crippen LogP contribution in [-0.4, -0.2) is 28.8 Å². The second kappa shape index (κ2) is 7.04. The summed E-state index contributed by atoms with van der Waals surface area (Å²) in [5.41, 5.74) is 1.35. The molecule has 0 aromatic heterocycles. The summed E-state index contributed by atoms with van der Waals surface area (Å²) in [7, 11) is 0. The third-order valence-electron chi connectivity index (χ3n) is 2.77. The van der Waals surface area contributed by atoms with Crippen LogP contribution < -0.4 is 5.32 Å². The van der Waals surface area contributed by atoms with Crippen molar-refractivity contribution in [1.29, 1.82) is 0 Å². The molecular weight excluding hydrogens is 218 g/mol. The Morgan fingerprint density at radius 3 is 2.47 bits per heavy atom. The molecule has 0 radical (unpaired) electrons. The molecule has 1 unspecified atom stereocenters. The summed E-state index contributed by atoms with van der Waals surface area (Å²) in [4.78, 5) is 10.7. The molecule has 0 amide bonds. The number of carboxylic acid groups (broad SMARTS) is 1. The molecule has 0 aliphatic carbocycles. The maximum atomic E-state index is 10.7. The van der Waals surface area contributed by atoms with Crippen LogP contribution in [0.4, 0.5) is 0 Å². The highest BCUT2D eigenvalue weighted by Crippen LogP contribution is 2.05. The Labute approximate surface area is 101 Å². The Morgan fingerprint density at radius 1 is 1.35 bits per heavy atom. The van der Waals surface area contributed by atoms with Crippen molar-refractivity contribution in [2.45, 2.75) is 32.4 Å². The average molecular weight is 237 g/mol. The van der Waals surface area contributed by atoms with E-state index in [0.717, 1.165) is 18.4 Å². The molecule has 0 aliphatic rings. The van der Waals surface area contributed by atoms with Gasteiger partial charge in [0.25, 0.3) is 0 Å². The van der Waals surface area contributed by atoms with Crippen LogP contribution >= 0.6 is 0 Å². The van der Waals surface area contributed by atoms with Gasteiger partial charge in [0, 0.05) is 19.2 Å². The highest BCUT2D eigenvalue weighted by Gasteiger charge is 2.05. The summed E-state index contributed by atoms with van der Waals surface area (Å²) >= 11 is 0. The SMILES string of the molecule is CCC(CCO)NCc1ccc(C(=O)O)cc1. The maximum Gasteiger partial charge on any atom is 0.335 e. The van der Waals surface area contributed by atoms with E-state index in [0.29, 0.717) is 18.2 Å². The number of benzene rings is 1. The number of hydrogen-bond donors (Lipinski definition) is 3. The molecule has 0 saturated heterocycles. The second-order valence-electron chi connectivity index (χ2n) is 4.00. The Bertz CT molecular complexity index is 348. The van der Waals surface area contributed by atoms with Gasteiger partial charge in [0.15, 0.2) is 0 Å². The number of aromatic carboxylic acids is 1. The van der Waals surface area contributed by atoms with Crippen LogP contribution in [0.3, 0.4) is 0 Å².